The number of carbonyl (C=O) groups excluding carboxylic acids is 1. The van der Waals surface area contributed by atoms with Crippen molar-refractivity contribution >= 4 is 5.91 Å². The Balaban J connectivity index is 1.44. The minimum atomic E-state index is -0.222. The van der Waals surface area contributed by atoms with Crippen LogP contribution in [0.15, 0.2) is 6.07 Å². The van der Waals surface area contributed by atoms with Gasteiger partial charge in [0.1, 0.15) is 6.04 Å². The second-order valence-corrected chi connectivity index (χ2v) is 9.63. The molecule has 4 nitrogen and oxygen atoms in total. The zero-order chi connectivity index (χ0) is 20.4. The molecule has 0 saturated carbocycles. The molecule has 0 spiro atoms. The van der Waals surface area contributed by atoms with Crippen LogP contribution in [0.4, 0.5) is 0 Å². The van der Waals surface area contributed by atoms with Crippen LogP contribution in [0.25, 0.3) is 0 Å². The van der Waals surface area contributed by atoms with E-state index in [0.29, 0.717) is 6.54 Å². The van der Waals surface area contributed by atoms with Crippen molar-refractivity contribution in [3.8, 4) is 6.07 Å². The van der Waals surface area contributed by atoms with Crippen molar-refractivity contribution in [1.82, 2.24) is 10.2 Å². The van der Waals surface area contributed by atoms with Crippen molar-refractivity contribution in [2.75, 3.05) is 19.6 Å². The number of nitriles is 1. The number of fused-ring (bicyclic) bond motifs is 2. The molecule has 1 aromatic carbocycles. The van der Waals surface area contributed by atoms with Gasteiger partial charge < -0.3 is 10.2 Å². The molecule has 1 aliphatic heterocycles. The van der Waals surface area contributed by atoms with Gasteiger partial charge in [0.15, 0.2) is 0 Å². The van der Waals surface area contributed by atoms with Crippen LogP contribution < -0.4 is 5.32 Å². The van der Waals surface area contributed by atoms with Crippen molar-refractivity contribution in [1.29, 1.82) is 5.26 Å². The number of amides is 1. The molecule has 0 radical (unpaired) electrons. The fourth-order valence-corrected chi connectivity index (χ4v) is 5.63. The number of carbonyl (C=O) groups is 1. The molecular formula is C25H35N3O. The molecule has 1 heterocycles. The van der Waals surface area contributed by atoms with Gasteiger partial charge in [-0.05, 0) is 104 Å². The average molecular weight is 394 g/mol. The highest BCUT2D eigenvalue weighted by Crippen LogP contribution is 2.36. The Morgan fingerprint density at radius 1 is 1.14 bits per heavy atom. The first-order valence-electron chi connectivity index (χ1n) is 11.6. The summed E-state index contributed by atoms with van der Waals surface area (Å²) in [6.45, 7) is 6.68. The van der Waals surface area contributed by atoms with Crippen LogP contribution in [0.5, 0.6) is 0 Å². The maximum absolute atomic E-state index is 12.5. The van der Waals surface area contributed by atoms with Crippen LogP contribution in [0.1, 0.15) is 67.3 Å². The van der Waals surface area contributed by atoms with E-state index in [1.807, 2.05) is 0 Å². The highest BCUT2D eigenvalue weighted by molar-refractivity contribution is 5.79. The van der Waals surface area contributed by atoms with E-state index in [1.165, 1.54) is 38.5 Å². The fourth-order valence-electron chi connectivity index (χ4n) is 5.63. The Morgan fingerprint density at radius 3 is 2.41 bits per heavy atom. The van der Waals surface area contributed by atoms with E-state index in [-0.39, 0.29) is 11.9 Å². The normalized spacial score (nSPS) is 26.0. The molecule has 1 fully saturated rings. The lowest BCUT2D eigenvalue weighted by atomic mass is 9.74. The Bertz CT molecular complexity index is 771. The largest absolute Gasteiger partial charge is 0.326 e. The number of benzene rings is 1. The number of hydrogen-bond donors (Lipinski definition) is 1. The van der Waals surface area contributed by atoms with E-state index < -0.39 is 0 Å². The highest BCUT2D eigenvalue weighted by atomic mass is 16.2. The molecule has 3 aliphatic rings. The summed E-state index contributed by atoms with van der Waals surface area (Å²) < 4.78 is 0. The zero-order valence-corrected chi connectivity index (χ0v) is 18.1. The van der Waals surface area contributed by atoms with Gasteiger partial charge in [0.05, 0.1) is 12.6 Å². The summed E-state index contributed by atoms with van der Waals surface area (Å²) in [6, 6.07) is 4.57. The smallest absolute Gasteiger partial charge is 0.237 e. The molecule has 1 amide bonds. The van der Waals surface area contributed by atoms with E-state index in [1.54, 1.807) is 32.7 Å². The maximum Gasteiger partial charge on any atom is 0.237 e. The number of aryl methyl sites for hydroxylation is 2. The standard InChI is InChI=1S/C25H35N3O/c1-17-5-7-19-14-20-8-6-18(2)13-24(20)22(23(19)12-17)9-10-27-16-25(29)28-11-3-4-21(28)15-26/h14,17-18,21,27H,3-13,16H2,1-2H3. The first kappa shape index (κ1) is 20.4. The molecule has 2 aliphatic carbocycles. The molecule has 3 unspecified atom stereocenters. The van der Waals surface area contributed by atoms with Gasteiger partial charge in [0.2, 0.25) is 5.91 Å². The van der Waals surface area contributed by atoms with Gasteiger partial charge in [-0.2, -0.15) is 5.26 Å². The Morgan fingerprint density at radius 2 is 1.79 bits per heavy atom. The highest BCUT2D eigenvalue weighted by Gasteiger charge is 2.28. The Kier molecular flexibility index (Phi) is 6.25. The molecule has 4 rings (SSSR count). The fraction of sp³-hybridized carbons (Fsp3) is 0.680. The Labute approximate surface area is 175 Å². The molecule has 3 atom stereocenters. The van der Waals surface area contributed by atoms with Gasteiger partial charge in [-0.25, -0.2) is 0 Å². The Hall–Kier alpha value is -1.86. The summed E-state index contributed by atoms with van der Waals surface area (Å²) in [4.78, 5) is 14.2. The van der Waals surface area contributed by atoms with Crippen molar-refractivity contribution in [2.24, 2.45) is 11.8 Å². The lowest BCUT2D eigenvalue weighted by molar-refractivity contribution is -0.130. The SMILES string of the molecule is CC1CCc2cc3c(c(CCNCC(=O)N4CCCC4C#N)c2C1)CC(C)CC3. The summed E-state index contributed by atoms with van der Waals surface area (Å²) in [6.07, 6.45) is 10.3. The van der Waals surface area contributed by atoms with Crippen molar-refractivity contribution in [3.05, 3.63) is 33.9 Å². The quantitative estimate of drug-likeness (QED) is 0.778. The van der Waals surface area contributed by atoms with E-state index >= 15 is 0 Å². The van der Waals surface area contributed by atoms with E-state index in [4.69, 9.17) is 0 Å². The lowest BCUT2D eigenvalue weighted by Crippen LogP contribution is -2.41. The van der Waals surface area contributed by atoms with Gasteiger partial charge in [0, 0.05) is 6.54 Å². The molecule has 1 saturated heterocycles. The molecule has 29 heavy (non-hydrogen) atoms. The predicted octanol–water partition coefficient (Wildman–Crippen LogP) is 3.58. The van der Waals surface area contributed by atoms with Gasteiger partial charge in [-0.15, -0.1) is 0 Å². The first-order valence-corrected chi connectivity index (χ1v) is 11.6. The first-order chi connectivity index (χ1) is 14.1. The summed E-state index contributed by atoms with van der Waals surface area (Å²) >= 11 is 0. The summed E-state index contributed by atoms with van der Waals surface area (Å²) in [7, 11) is 0. The zero-order valence-electron chi connectivity index (χ0n) is 18.1. The number of nitrogens with zero attached hydrogens (tertiary/aromatic N) is 2. The van der Waals surface area contributed by atoms with Crippen LogP contribution >= 0.6 is 0 Å². The molecule has 0 aromatic heterocycles. The van der Waals surface area contributed by atoms with Crippen LogP contribution in [0, 0.1) is 23.2 Å². The van der Waals surface area contributed by atoms with Crippen LogP contribution in [0.2, 0.25) is 0 Å². The van der Waals surface area contributed by atoms with Crippen molar-refractivity contribution < 1.29 is 4.79 Å². The molecular weight excluding hydrogens is 358 g/mol. The van der Waals surface area contributed by atoms with E-state index in [0.717, 1.165) is 44.2 Å². The maximum atomic E-state index is 12.5. The molecule has 1 aromatic rings. The third-order valence-corrected chi connectivity index (χ3v) is 7.32. The van der Waals surface area contributed by atoms with Gasteiger partial charge in [-0.1, -0.05) is 19.9 Å². The summed E-state index contributed by atoms with van der Waals surface area (Å²) in [5, 5.41) is 12.6. The lowest BCUT2D eigenvalue weighted by Gasteiger charge is -2.31. The second-order valence-electron chi connectivity index (χ2n) is 9.63. The molecule has 1 N–H and O–H groups in total. The van der Waals surface area contributed by atoms with Crippen LogP contribution in [-0.4, -0.2) is 36.5 Å². The minimum Gasteiger partial charge on any atom is -0.326 e. The van der Waals surface area contributed by atoms with Crippen molar-refractivity contribution in [3.63, 3.8) is 0 Å². The number of nitrogens with one attached hydrogen (secondary N) is 1. The number of hydrogen-bond acceptors (Lipinski definition) is 3. The third kappa shape index (κ3) is 4.36. The average Bonchev–Trinajstić information content (AvgIpc) is 3.20. The third-order valence-electron chi connectivity index (χ3n) is 7.32. The van der Waals surface area contributed by atoms with Gasteiger partial charge in [-0.3, -0.25) is 4.79 Å². The van der Waals surface area contributed by atoms with Crippen LogP contribution in [-0.2, 0) is 36.9 Å². The summed E-state index contributed by atoms with van der Waals surface area (Å²) in [5.74, 6) is 1.62. The topological polar surface area (TPSA) is 56.1 Å². The van der Waals surface area contributed by atoms with Gasteiger partial charge >= 0.3 is 0 Å². The number of likely N-dealkylation sites (tertiary alicyclic amines) is 1. The number of rotatable bonds is 5. The van der Waals surface area contributed by atoms with E-state index in [2.05, 4.69) is 31.3 Å². The summed E-state index contributed by atoms with van der Waals surface area (Å²) in [5.41, 5.74) is 8.02. The molecule has 156 valence electrons. The van der Waals surface area contributed by atoms with E-state index in [9.17, 15) is 10.1 Å². The monoisotopic (exact) mass is 393 g/mol. The minimum absolute atomic E-state index is 0.0772. The second kappa shape index (κ2) is 8.88. The predicted molar refractivity (Wildman–Crippen MR) is 116 cm³/mol. The van der Waals surface area contributed by atoms with Gasteiger partial charge in [0.25, 0.3) is 0 Å². The molecule has 4 heteroatoms. The van der Waals surface area contributed by atoms with Crippen molar-refractivity contribution in [2.45, 2.75) is 77.7 Å². The van der Waals surface area contributed by atoms with Crippen LogP contribution in [0.3, 0.4) is 0 Å². The molecule has 0 bridgehead atoms.